The van der Waals surface area contributed by atoms with E-state index in [2.05, 4.69) is 5.32 Å². The summed E-state index contributed by atoms with van der Waals surface area (Å²) in [4.78, 5) is 49.3. The summed E-state index contributed by atoms with van der Waals surface area (Å²) in [5.41, 5.74) is 1.41. The van der Waals surface area contributed by atoms with Crippen LogP contribution in [0.4, 0.5) is 5.69 Å². The zero-order valence-corrected chi connectivity index (χ0v) is 16.7. The fourth-order valence-electron chi connectivity index (χ4n) is 3.07. The minimum absolute atomic E-state index is 0.185. The molecule has 1 unspecified atom stereocenters. The molecule has 1 heterocycles. The summed E-state index contributed by atoms with van der Waals surface area (Å²) >= 11 is 0. The van der Waals surface area contributed by atoms with Gasteiger partial charge in [-0.15, -0.1) is 0 Å². The standard InChI is InChI=1S/C22H22N2O6/c1-14(21(27)23-13-16-5-3-4-6-18(16)29-2)30-22(28)15-7-9-17(10-8-15)24-19(25)11-12-20(24)26/h3-10,14H,11-13H2,1-2H3,(H,23,27). The van der Waals surface area contributed by atoms with Gasteiger partial charge < -0.3 is 14.8 Å². The number of benzene rings is 2. The van der Waals surface area contributed by atoms with E-state index in [1.807, 2.05) is 18.2 Å². The van der Waals surface area contributed by atoms with Crippen molar-refractivity contribution < 1.29 is 28.7 Å². The third-order valence-electron chi connectivity index (χ3n) is 4.71. The lowest BCUT2D eigenvalue weighted by molar-refractivity contribution is -0.129. The number of hydrogen-bond acceptors (Lipinski definition) is 6. The van der Waals surface area contributed by atoms with Crippen LogP contribution in [0.25, 0.3) is 0 Å². The average Bonchev–Trinajstić information content (AvgIpc) is 3.10. The van der Waals surface area contributed by atoms with E-state index in [4.69, 9.17) is 9.47 Å². The van der Waals surface area contributed by atoms with Gasteiger partial charge in [-0.3, -0.25) is 19.3 Å². The van der Waals surface area contributed by atoms with Gasteiger partial charge in [0.15, 0.2) is 6.10 Å². The number of imide groups is 1. The lowest BCUT2D eigenvalue weighted by atomic mass is 10.2. The van der Waals surface area contributed by atoms with Crippen molar-refractivity contribution in [2.24, 2.45) is 0 Å². The Hall–Kier alpha value is -3.68. The van der Waals surface area contributed by atoms with Crippen LogP contribution in [0.1, 0.15) is 35.7 Å². The highest BCUT2D eigenvalue weighted by atomic mass is 16.5. The van der Waals surface area contributed by atoms with Crippen molar-refractivity contribution in [2.75, 3.05) is 12.0 Å². The molecule has 0 saturated carbocycles. The Morgan fingerprint density at radius 3 is 2.30 bits per heavy atom. The Labute approximate surface area is 173 Å². The molecule has 3 amide bonds. The van der Waals surface area contributed by atoms with Gasteiger partial charge in [-0.1, -0.05) is 18.2 Å². The number of amides is 3. The first kappa shape index (κ1) is 21.0. The van der Waals surface area contributed by atoms with Crippen LogP contribution in [0.3, 0.4) is 0 Å². The summed E-state index contributed by atoms with van der Waals surface area (Å²) in [6.45, 7) is 1.71. The molecule has 0 spiro atoms. The number of hydrogen-bond donors (Lipinski definition) is 1. The molecule has 30 heavy (non-hydrogen) atoms. The third-order valence-corrected chi connectivity index (χ3v) is 4.71. The number of anilines is 1. The maximum Gasteiger partial charge on any atom is 0.338 e. The molecule has 1 saturated heterocycles. The van der Waals surface area contributed by atoms with Crippen LogP contribution in [0, 0.1) is 0 Å². The highest BCUT2D eigenvalue weighted by Crippen LogP contribution is 2.23. The molecule has 0 radical (unpaired) electrons. The average molecular weight is 410 g/mol. The molecule has 2 aromatic carbocycles. The van der Waals surface area contributed by atoms with Gasteiger partial charge in [-0.2, -0.15) is 0 Å². The van der Waals surface area contributed by atoms with Crippen molar-refractivity contribution in [1.29, 1.82) is 0 Å². The second-order valence-corrected chi connectivity index (χ2v) is 6.75. The van der Waals surface area contributed by atoms with Gasteiger partial charge in [-0.05, 0) is 37.3 Å². The van der Waals surface area contributed by atoms with E-state index in [0.29, 0.717) is 11.4 Å². The number of carbonyl (C=O) groups excluding carboxylic acids is 4. The number of methoxy groups -OCH3 is 1. The Bertz CT molecular complexity index is 954. The van der Waals surface area contributed by atoms with Crippen molar-refractivity contribution in [1.82, 2.24) is 5.32 Å². The third kappa shape index (κ3) is 4.65. The number of nitrogens with one attached hydrogen (secondary N) is 1. The smallest absolute Gasteiger partial charge is 0.338 e. The molecule has 0 bridgehead atoms. The van der Waals surface area contributed by atoms with Crippen LogP contribution in [-0.4, -0.2) is 36.9 Å². The van der Waals surface area contributed by atoms with Crippen LogP contribution in [0.15, 0.2) is 48.5 Å². The minimum Gasteiger partial charge on any atom is -0.496 e. The van der Waals surface area contributed by atoms with Crippen molar-refractivity contribution >= 4 is 29.4 Å². The fourth-order valence-corrected chi connectivity index (χ4v) is 3.07. The van der Waals surface area contributed by atoms with Crippen molar-refractivity contribution in [3.8, 4) is 5.75 Å². The fraction of sp³-hybridized carbons (Fsp3) is 0.273. The monoisotopic (exact) mass is 410 g/mol. The SMILES string of the molecule is COc1ccccc1CNC(=O)C(C)OC(=O)c1ccc(N2C(=O)CCC2=O)cc1. The molecule has 1 aliphatic rings. The van der Waals surface area contributed by atoms with Gasteiger partial charge in [0, 0.05) is 24.9 Å². The first-order valence-electron chi connectivity index (χ1n) is 9.47. The highest BCUT2D eigenvalue weighted by Gasteiger charge is 2.30. The first-order chi connectivity index (χ1) is 14.4. The summed E-state index contributed by atoms with van der Waals surface area (Å²) in [6.07, 6.45) is -0.637. The summed E-state index contributed by atoms with van der Waals surface area (Å²) < 4.78 is 10.5. The number of rotatable bonds is 7. The molecule has 0 aromatic heterocycles. The quantitative estimate of drug-likeness (QED) is 0.555. The number of carbonyl (C=O) groups is 4. The molecule has 1 atom stereocenters. The van der Waals surface area contributed by atoms with E-state index in [1.54, 1.807) is 13.2 Å². The van der Waals surface area contributed by atoms with E-state index in [0.717, 1.165) is 10.5 Å². The van der Waals surface area contributed by atoms with E-state index in [-0.39, 0.29) is 36.8 Å². The number of esters is 1. The molecule has 1 fully saturated rings. The summed E-state index contributed by atoms with van der Waals surface area (Å²) in [7, 11) is 1.55. The van der Waals surface area contributed by atoms with Crippen LogP contribution in [0.2, 0.25) is 0 Å². The van der Waals surface area contributed by atoms with Crippen molar-refractivity contribution in [2.45, 2.75) is 32.4 Å². The normalized spacial score (nSPS) is 14.4. The van der Waals surface area contributed by atoms with Gasteiger partial charge in [-0.25, -0.2) is 4.79 Å². The molecule has 2 aromatic rings. The van der Waals surface area contributed by atoms with Gasteiger partial charge in [0.1, 0.15) is 5.75 Å². The second-order valence-electron chi connectivity index (χ2n) is 6.75. The molecule has 8 heteroatoms. The largest absolute Gasteiger partial charge is 0.496 e. The topological polar surface area (TPSA) is 102 Å². The van der Waals surface area contributed by atoms with Gasteiger partial charge in [0.2, 0.25) is 11.8 Å². The Balaban J connectivity index is 1.56. The second kappa shape index (κ2) is 9.21. The molecule has 1 aliphatic heterocycles. The van der Waals surface area contributed by atoms with E-state index in [1.165, 1.54) is 31.2 Å². The van der Waals surface area contributed by atoms with Crippen LogP contribution < -0.4 is 15.0 Å². The highest BCUT2D eigenvalue weighted by molar-refractivity contribution is 6.19. The van der Waals surface area contributed by atoms with E-state index in [9.17, 15) is 19.2 Å². The van der Waals surface area contributed by atoms with Gasteiger partial charge in [0.25, 0.3) is 5.91 Å². The Morgan fingerprint density at radius 2 is 1.67 bits per heavy atom. The van der Waals surface area contributed by atoms with Gasteiger partial charge in [0.05, 0.1) is 18.4 Å². The Morgan fingerprint density at radius 1 is 1.03 bits per heavy atom. The molecule has 3 rings (SSSR count). The van der Waals surface area contributed by atoms with Crippen LogP contribution >= 0.6 is 0 Å². The molecule has 0 aliphatic carbocycles. The molecule has 156 valence electrons. The van der Waals surface area contributed by atoms with Gasteiger partial charge >= 0.3 is 5.97 Å². The molecule has 1 N–H and O–H groups in total. The van der Waals surface area contributed by atoms with Crippen molar-refractivity contribution in [3.05, 3.63) is 59.7 Å². The van der Waals surface area contributed by atoms with Crippen LogP contribution in [0.5, 0.6) is 5.75 Å². The maximum absolute atomic E-state index is 12.3. The predicted molar refractivity (Wildman–Crippen MR) is 108 cm³/mol. The maximum atomic E-state index is 12.3. The lowest BCUT2D eigenvalue weighted by Crippen LogP contribution is -2.35. The predicted octanol–water partition coefficient (Wildman–Crippen LogP) is 2.21. The molecular formula is C22H22N2O6. The van der Waals surface area contributed by atoms with E-state index < -0.39 is 18.0 Å². The summed E-state index contributed by atoms with van der Waals surface area (Å²) in [5.74, 6) is -1.01. The number of nitrogens with zero attached hydrogens (tertiary/aromatic N) is 1. The summed E-state index contributed by atoms with van der Waals surface area (Å²) in [5, 5.41) is 2.71. The minimum atomic E-state index is -1.01. The van der Waals surface area contributed by atoms with Crippen molar-refractivity contribution in [3.63, 3.8) is 0 Å². The zero-order valence-electron chi connectivity index (χ0n) is 16.7. The number of ether oxygens (including phenoxy) is 2. The van der Waals surface area contributed by atoms with Crippen LogP contribution in [-0.2, 0) is 25.7 Å². The Kier molecular flexibility index (Phi) is 6.46. The number of para-hydroxylation sites is 1. The molecular weight excluding hydrogens is 388 g/mol. The summed E-state index contributed by atoms with van der Waals surface area (Å²) in [6, 6.07) is 13.2. The molecule has 8 nitrogen and oxygen atoms in total. The first-order valence-corrected chi connectivity index (χ1v) is 9.47. The van der Waals surface area contributed by atoms with E-state index >= 15 is 0 Å². The zero-order chi connectivity index (χ0) is 21.7. The lowest BCUT2D eigenvalue weighted by Gasteiger charge is -2.16.